The summed E-state index contributed by atoms with van der Waals surface area (Å²) in [4.78, 5) is 17.8. The third-order valence-corrected chi connectivity index (χ3v) is 1.89. The number of nitrogens with one attached hydrogen (secondary N) is 1. The van der Waals surface area contributed by atoms with E-state index in [1.54, 1.807) is 7.05 Å². The van der Waals surface area contributed by atoms with Crippen molar-refractivity contribution < 1.29 is 9.66 Å². The number of nitrogens with zero attached hydrogens (tertiary/aromatic N) is 3. The Labute approximate surface area is 93.0 Å². The van der Waals surface area contributed by atoms with Gasteiger partial charge in [-0.05, 0) is 6.42 Å². The molecule has 0 radical (unpaired) electrons. The van der Waals surface area contributed by atoms with Crippen molar-refractivity contribution in [2.45, 2.75) is 19.8 Å². The van der Waals surface area contributed by atoms with Gasteiger partial charge in [0.05, 0.1) is 11.5 Å². The Hall–Kier alpha value is -1.92. The van der Waals surface area contributed by atoms with Crippen LogP contribution in [-0.2, 0) is 0 Å². The average Bonchev–Trinajstić information content (AvgIpc) is 2.29. The number of nitro groups is 1. The van der Waals surface area contributed by atoms with E-state index in [1.807, 2.05) is 6.92 Å². The van der Waals surface area contributed by atoms with Crippen LogP contribution in [0.15, 0.2) is 6.20 Å². The minimum absolute atomic E-state index is 0.0119. The predicted molar refractivity (Wildman–Crippen MR) is 58.6 cm³/mol. The van der Waals surface area contributed by atoms with Gasteiger partial charge in [-0.2, -0.15) is 4.98 Å². The summed E-state index contributed by atoms with van der Waals surface area (Å²) >= 11 is 0. The fourth-order valence-electron chi connectivity index (χ4n) is 1.02. The molecule has 0 aliphatic heterocycles. The highest BCUT2D eigenvalue weighted by molar-refractivity contribution is 5.42. The van der Waals surface area contributed by atoms with Crippen molar-refractivity contribution in [3.63, 3.8) is 0 Å². The number of rotatable bonds is 6. The zero-order valence-electron chi connectivity index (χ0n) is 9.27. The van der Waals surface area contributed by atoms with Crippen molar-refractivity contribution in [3.8, 4) is 5.88 Å². The van der Waals surface area contributed by atoms with Crippen LogP contribution in [0.4, 0.5) is 11.6 Å². The van der Waals surface area contributed by atoms with Gasteiger partial charge in [0, 0.05) is 7.05 Å². The standard InChI is InChI=1S/C9H14N4O3/c1-3-4-5-16-8-7(13(14)15)6-11-9(10-2)12-8/h6H,3-5H2,1-2H3,(H,10,11,12). The molecule has 1 aromatic heterocycles. The topological polar surface area (TPSA) is 90.2 Å². The number of ether oxygens (including phenoxy) is 1. The first-order chi connectivity index (χ1) is 7.69. The number of hydrogen-bond donors (Lipinski definition) is 1. The molecule has 0 saturated carbocycles. The predicted octanol–water partition coefficient (Wildman–Crippen LogP) is 1.61. The first-order valence-electron chi connectivity index (χ1n) is 5.01. The summed E-state index contributed by atoms with van der Waals surface area (Å²) in [6.07, 6.45) is 2.92. The fraction of sp³-hybridized carbons (Fsp3) is 0.556. The molecule has 88 valence electrons. The van der Waals surface area contributed by atoms with Crippen LogP contribution in [0, 0.1) is 10.1 Å². The van der Waals surface area contributed by atoms with Gasteiger partial charge in [0.2, 0.25) is 5.95 Å². The summed E-state index contributed by atoms with van der Waals surface area (Å²) in [7, 11) is 1.64. The Morgan fingerprint density at radius 3 is 2.94 bits per heavy atom. The van der Waals surface area contributed by atoms with Crippen molar-refractivity contribution in [1.82, 2.24) is 9.97 Å². The molecule has 0 aliphatic rings. The summed E-state index contributed by atoms with van der Waals surface area (Å²) in [6.45, 7) is 2.42. The molecular formula is C9H14N4O3. The molecule has 0 unspecified atom stereocenters. The normalized spacial score (nSPS) is 9.88. The molecule has 16 heavy (non-hydrogen) atoms. The van der Waals surface area contributed by atoms with Gasteiger partial charge in [-0.3, -0.25) is 10.1 Å². The molecule has 0 aromatic carbocycles. The lowest BCUT2D eigenvalue weighted by molar-refractivity contribution is -0.386. The van der Waals surface area contributed by atoms with Crippen molar-refractivity contribution in [1.29, 1.82) is 0 Å². The summed E-state index contributed by atoms with van der Waals surface area (Å²) in [5.74, 6) is 0.315. The summed E-state index contributed by atoms with van der Waals surface area (Å²) in [5, 5.41) is 13.4. The SMILES string of the molecule is CCCCOc1nc(NC)ncc1[N+](=O)[O-]. The van der Waals surface area contributed by atoms with Crippen LogP contribution < -0.4 is 10.1 Å². The highest BCUT2D eigenvalue weighted by Crippen LogP contribution is 2.24. The molecule has 0 amide bonds. The molecule has 0 saturated heterocycles. The fourth-order valence-corrected chi connectivity index (χ4v) is 1.02. The lowest BCUT2D eigenvalue weighted by atomic mass is 10.4. The first kappa shape index (κ1) is 12.2. The Morgan fingerprint density at radius 2 is 2.38 bits per heavy atom. The van der Waals surface area contributed by atoms with E-state index in [9.17, 15) is 10.1 Å². The average molecular weight is 226 g/mol. The van der Waals surface area contributed by atoms with Gasteiger partial charge in [-0.1, -0.05) is 13.3 Å². The van der Waals surface area contributed by atoms with Crippen molar-refractivity contribution >= 4 is 11.6 Å². The maximum Gasteiger partial charge on any atom is 0.349 e. The minimum Gasteiger partial charge on any atom is -0.473 e. The van der Waals surface area contributed by atoms with Crippen LogP contribution in [0.25, 0.3) is 0 Å². The zero-order chi connectivity index (χ0) is 12.0. The molecule has 0 aliphatic carbocycles. The second kappa shape index (κ2) is 5.84. The maximum absolute atomic E-state index is 10.7. The second-order valence-electron chi connectivity index (χ2n) is 3.09. The third kappa shape index (κ3) is 3.04. The monoisotopic (exact) mass is 226 g/mol. The Morgan fingerprint density at radius 1 is 1.62 bits per heavy atom. The van der Waals surface area contributed by atoms with E-state index < -0.39 is 4.92 Å². The lowest BCUT2D eigenvalue weighted by Gasteiger charge is -2.05. The van der Waals surface area contributed by atoms with Crippen LogP contribution in [0.1, 0.15) is 19.8 Å². The number of aromatic nitrogens is 2. The molecule has 0 atom stereocenters. The van der Waals surface area contributed by atoms with Crippen LogP contribution in [0.5, 0.6) is 5.88 Å². The van der Waals surface area contributed by atoms with E-state index in [2.05, 4.69) is 15.3 Å². The van der Waals surface area contributed by atoms with Crippen LogP contribution >= 0.6 is 0 Å². The quantitative estimate of drug-likeness (QED) is 0.450. The maximum atomic E-state index is 10.7. The zero-order valence-corrected chi connectivity index (χ0v) is 9.27. The van der Waals surface area contributed by atoms with Crippen LogP contribution in [0.2, 0.25) is 0 Å². The molecule has 7 nitrogen and oxygen atoms in total. The molecule has 1 N–H and O–H groups in total. The van der Waals surface area contributed by atoms with E-state index >= 15 is 0 Å². The highest BCUT2D eigenvalue weighted by Gasteiger charge is 2.18. The van der Waals surface area contributed by atoms with Gasteiger partial charge < -0.3 is 10.1 Å². The van der Waals surface area contributed by atoms with Gasteiger partial charge in [0.25, 0.3) is 5.88 Å². The molecule has 1 rings (SSSR count). The molecule has 0 bridgehead atoms. The van der Waals surface area contributed by atoms with E-state index in [0.29, 0.717) is 12.6 Å². The summed E-state index contributed by atoms with van der Waals surface area (Å²) in [5.41, 5.74) is -0.213. The van der Waals surface area contributed by atoms with Gasteiger partial charge in [-0.15, -0.1) is 0 Å². The van der Waals surface area contributed by atoms with Crippen LogP contribution in [0.3, 0.4) is 0 Å². The molecule has 0 spiro atoms. The molecule has 7 heteroatoms. The van der Waals surface area contributed by atoms with Gasteiger partial charge in [0.1, 0.15) is 6.20 Å². The van der Waals surface area contributed by atoms with E-state index in [0.717, 1.165) is 19.0 Å². The number of anilines is 1. The van der Waals surface area contributed by atoms with E-state index in [-0.39, 0.29) is 11.6 Å². The first-order valence-corrected chi connectivity index (χ1v) is 5.01. The molecule has 0 fully saturated rings. The van der Waals surface area contributed by atoms with Gasteiger partial charge in [-0.25, -0.2) is 4.98 Å². The lowest BCUT2D eigenvalue weighted by Crippen LogP contribution is -2.05. The van der Waals surface area contributed by atoms with E-state index in [1.165, 1.54) is 0 Å². The van der Waals surface area contributed by atoms with E-state index in [4.69, 9.17) is 4.74 Å². The summed E-state index contributed by atoms with van der Waals surface area (Å²) < 4.78 is 5.25. The Balaban J connectivity index is 2.87. The summed E-state index contributed by atoms with van der Waals surface area (Å²) in [6, 6.07) is 0. The molecular weight excluding hydrogens is 212 g/mol. The minimum atomic E-state index is -0.555. The van der Waals surface area contributed by atoms with Crippen LogP contribution in [-0.4, -0.2) is 28.5 Å². The molecule has 1 aromatic rings. The van der Waals surface area contributed by atoms with Crippen molar-refractivity contribution in [3.05, 3.63) is 16.3 Å². The Kier molecular flexibility index (Phi) is 4.43. The number of unbranched alkanes of at least 4 members (excludes halogenated alkanes) is 1. The van der Waals surface area contributed by atoms with Crippen molar-refractivity contribution in [2.24, 2.45) is 0 Å². The number of hydrogen-bond acceptors (Lipinski definition) is 6. The second-order valence-corrected chi connectivity index (χ2v) is 3.09. The Bertz CT molecular complexity index is 370. The molecule has 1 heterocycles. The van der Waals surface area contributed by atoms with Crippen molar-refractivity contribution in [2.75, 3.05) is 19.0 Å². The smallest absolute Gasteiger partial charge is 0.349 e. The van der Waals surface area contributed by atoms with Gasteiger partial charge >= 0.3 is 5.69 Å². The third-order valence-electron chi connectivity index (χ3n) is 1.89. The highest BCUT2D eigenvalue weighted by atomic mass is 16.6. The van der Waals surface area contributed by atoms with Gasteiger partial charge in [0.15, 0.2) is 0 Å². The largest absolute Gasteiger partial charge is 0.473 e.